The summed E-state index contributed by atoms with van der Waals surface area (Å²) in [4.78, 5) is 20.6. The Labute approximate surface area is 119 Å². The fourth-order valence-corrected chi connectivity index (χ4v) is 2.28. The van der Waals surface area contributed by atoms with Crippen molar-refractivity contribution >= 4 is 5.95 Å². The number of benzene rings is 1. The van der Waals surface area contributed by atoms with Gasteiger partial charge >= 0.3 is 0 Å². The van der Waals surface area contributed by atoms with E-state index in [2.05, 4.69) is 9.97 Å². The van der Waals surface area contributed by atoms with Crippen molar-refractivity contribution in [1.29, 1.82) is 0 Å². The molecule has 0 spiro atoms. The maximum Gasteiger partial charge on any atom is 0.264 e. The Morgan fingerprint density at radius 2 is 2.10 bits per heavy atom. The molecule has 0 amide bonds. The van der Waals surface area contributed by atoms with Crippen LogP contribution in [-0.2, 0) is 4.74 Å². The third-order valence-corrected chi connectivity index (χ3v) is 3.31. The molecule has 0 aliphatic carbocycles. The van der Waals surface area contributed by atoms with Gasteiger partial charge in [-0.15, -0.1) is 0 Å². The predicted octanol–water partition coefficient (Wildman–Crippen LogP) is 1.12. The van der Waals surface area contributed by atoms with Crippen molar-refractivity contribution in [3.8, 4) is 17.0 Å². The Morgan fingerprint density at radius 1 is 1.33 bits per heavy atom. The van der Waals surface area contributed by atoms with Gasteiger partial charge in [0.15, 0.2) is 0 Å². The minimum Gasteiger partial charge on any atom is -0.493 e. The minimum atomic E-state index is -0.505. The number of hydrogen-bond donors (Lipinski definition) is 2. The molecule has 1 saturated heterocycles. The molecule has 21 heavy (non-hydrogen) atoms. The largest absolute Gasteiger partial charge is 0.493 e. The van der Waals surface area contributed by atoms with Gasteiger partial charge in [0.2, 0.25) is 11.8 Å². The molecule has 7 heteroatoms. The van der Waals surface area contributed by atoms with Gasteiger partial charge in [-0.2, -0.15) is 4.98 Å². The summed E-state index contributed by atoms with van der Waals surface area (Å²) < 4.78 is 18.5. The maximum absolute atomic E-state index is 13.2. The van der Waals surface area contributed by atoms with Crippen LogP contribution in [0.4, 0.5) is 10.3 Å². The second kappa shape index (κ2) is 5.53. The number of morpholine rings is 1. The maximum atomic E-state index is 13.2. The van der Waals surface area contributed by atoms with Gasteiger partial charge in [0.1, 0.15) is 11.4 Å². The number of rotatable bonds is 2. The van der Waals surface area contributed by atoms with Gasteiger partial charge in [-0.05, 0) is 17.7 Å². The van der Waals surface area contributed by atoms with E-state index < -0.39 is 17.3 Å². The highest BCUT2D eigenvalue weighted by molar-refractivity contribution is 5.68. The molecule has 0 bridgehead atoms. The SMILES string of the molecule is O=c1[nH]c(N2CCOCC2)nc(O)c1-c1cccc(F)c1. The highest BCUT2D eigenvalue weighted by atomic mass is 19.1. The molecule has 110 valence electrons. The lowest BCUT2D eigenvalue weighted by Crippen LogP contribution is -2.38. The average Bonchev–Trinajstić information content (AvgIpc) is 2.47. The molecular formula is C14H14FN3O3. The lowest BCUT2D eigenvalue weighted by atomic mass is 10.1. The quantitative estimate of drug-likeness (QED) is 0.867. The number of ether oxygens (including phenoxy) is 1. The Kier molecular flexibility index (Phi) is 3.57. The molecule has 2 heterocycles. The van der Waals surface area contributed by atoms with Crippen molar-refractivity contribution in [2.45, 2.75) is 0 Å². The first-order chi connectivity index (χ1) is 10.1. The van der Waals surface area contributed by atoms with Crippen molar-refractivity contribution in [3.63, 3.8) is 0 Å². The zero-order valence-corrected chi connectivity index (χ0v) is 11.2. The Morgan fingerprint density at radius 3 is 2.76 bits per heavy atom. The molecule has 3 rings (SSSR count). The Balaban J connectivity index is 2.02. The monoisotopic (exact) mass is 291 g/mol. The molecule has 1 aromatic carbocycles. The van der Waals surface area contributed by atoms with Crippen molar-refractivity contribution in [3.05, 3.63) is 40.4 Å². The molecule has 6 nitrogen and oxygen atoms in total. The van der Waals surface area contributed by atoms with Crippen LogP contribution in [0.3, 0.4) is 0 Å². The van der Waals surface area contributed by atoms with Crippen LogP contribution >= 0.6 is 0 Å². The van der Waals surface area contributed by atoms with Crippen LogP contribution in [0.25, 0.3) is 11.1 Å². The van der Waals surface area contributed by atoms with Gasteiger partial charge in [0.25, 0.3) is 5.56 Å². The van der Waals surface area contributed by atoms with E-state index >= 15 is 0 Å². The van der Waals surface area contributed by atoms with Gasteiger partial charge in [-0.3, -0.25) is 9.78 Å². The van der Waals surface area contributed by atoms with E-state index in [9.17, 15) is 14.3 Å². The number of nitrogens with zero attached hydrogens (tertiary/aromatic N) is 2. The standard InChI is InChI=1S/C14H14FN3O3/c15-10-3-1-2-9(8-10)11-12(19)16-14(17-13(11)20)18-4-6-21-7-5-18/h1-3,8H,4-7H2,(H2,16,17,19,20). The summed E-state index contributed by atoms with van der Waals surface area (Å²) in [6, 6.07) is 5.47. The molecule has 1 aliphatic heterocycles. The summed E-state index contributed by atoms with van der Waals surface area (Å²) in [5.41, 5.74) is -0.254. The minimum absolute atomic E-state index is 0.0356. The first-order valence-electron chi connectivity index (χ1n) is 6.57. The fourth-order valence-electron chi connectivity index (χ4n) is 2.28. The van der Waals surface area contributed by atoms with Gasteiger partial charge in [0.05, 0.1) is 13.2 Å². The van der Waals surface area contributed by atoms with E-state index in [1.807, 2.05) is 4.90 Å². The molecule has 1 fully saturated rings. The number of anilines is 1. The first-order valence-corrected chi connectivity index (χ1v) is 6.57. The lowest BCUT2D eigenvalue weighted by molar-refractivity contribution is 0.122. The van der Waals surface area contributed by atoms with E-state index in [1.165, 1.54) is 18.2 Å². The van der Waals surface area contributed by atoms with Gasteiger partial charge < -0.3 is 14.7 Å². The van der Waals surface area contributed by atoms with Crippen LogP contribution in [0.15, 0.2) is 29.1 Å². The van der Waals surface area contributed by atoms with E-state index in [0.29, 0.717) is 32.3 Å². The van der Waals surface area contributed by atoms with Crippen molar-refractivity contribution in [2.75, 3.05) is 31.2 Å². The van der Waals surface area contributed by atoms with Crippen LogP contribution < -0.4 is 10.5 Å². The molecule has 1 aromatic heterocycles. The van der Waals surface area contributed by atoms with Crippen molar-refractivity contribution in [2.24, 2.45) is 0 Å². The summed E-state index contributed by atoms with van der Waals surface area (Å²) >= 11 is 0. The fraction of sp³-hybridized carbons (Fsp3) is 0.286. The summed E-state index contributed by atoms with van der Waals surface area (Å²) in [5.74, 6) is -0.602. The van der Waals surface area contributed by atoms with Crippen LogP contribution in [0.5, 0.6) is 5.88 Å². The van der Waals surface area contributed by atoms with Crippen LogP contribution in [-0.4, -0.2) is 41.4 Å². The highest BCUT2D eigenvalue weighted by Crippen LogP contribution is 2.25. The molecule has 0 atom stereocenters. The number of aromatic hydroxyl groups is 1. The number of nitrogens with one attached hydrogen (secondary N) is 1. The van der Waals surface area contributed by atoms with E-state index in [0.717, 1.165) is 0 Å². The summed E-state index contributed by atoms with van der Waals surface area (Å²) in [5, 5.41) is 10.0. The Bertz CT molecular complexity index is 711. The number of halogens is 1. The topological polar surface area (TPSA) is 78.5 Å². The molecule has 1 aliphatic rings. The van der Waals surface area contributed by atoms with Crippen LogP contribution in [0.2, 0.25) is 0 Å². The summed E-state index contributed by atoms with van der Waals surface area (Å²) in [6.45, 7) is 2.25. The lowest BCUT2D eigenvalue weighted by Gasteiger charge is -2.27. The van der Waals surface area contributed by atoms with Gasteiger partial charge in [0, 0.05) is 13.1 Å². The number of hydrogen-bond acceptors (Lipinski definition) is 5. The second-order valence-electron chi connectivity index (χ2n) is 4.70. The molecule has 2 N–H and O–H groups in total. The molecular weight excluding hydrogens is 277 g/mol. The van der Waals surface area contributed by atoms with E-state index in [4.69, 9.17) is 4.74 Å². The molecule has 0 unspecified atom stereocenters. The van der Waals surface area contributed by atoms with Crippen molar-refractivity contribution in [1.82, 2.24) is 9.97 Å². The summed E-state index contributed by atoms with van der Waals surface area (Å²) in [6.07, 6.45) is 0. The number of aromatic amines is 1. The van der Waals surface area contributed by atoms with Crippen molar-refractivity contribution < 1.29 is 14.2 Å². The Hall–Kier alpha value is -2.41. The zero-order chi connectivity index (χ0) is 14.8. The van der Waals surface area contributed by atoms with Gasteiger partial charge in [-0.25, -0.2) is 4.39 Å². The second-order valence-corrected chi connectivity index (χ2v) is 4.70. The number of aromatic nitrogens is 2. The average molecular weight is 291 g/mol. The predicted molar refractivity (Wildman–Crippen MR) is 74.9 cm³/mol. The summed E-state index contributed by atoms with van der Waals surface area (Å²) in [7, 11) is 0. The third kappa shape index (κ3) is 2.73. The molecule has 0 radical (unpaired) electrons. The third-order valence-electron chi connectivity index (χ3n) is 3.31. The first kappa shape index (κ1) is 13.6. The number of H-pyrrole nitrogens is 1. The normalized spacial score (nSPS) is 15.2. The van der Waals surface area contributed by atoms with Crippen LogP contribution in [0.1, 0.15) is 0 Å². The smallest absolute Gasteiger partial charge is 0.264 e. The zero-order valence-electron chi connectivity index (χ0n) is 11.2. The van der Waals surface area contributed by atoms with Gasteiger partial charge in [-0.1, -0.05) is 12.1 Å². The van der Waals surface area contributed by atoms with E-state index in [1.54, 1.807) is 6.07 Å². The molecule has 2 aromatic rings. The highest BCUT2D eigenvalue weighted by Gasteiger charge is 2.18. The van der Waals surface area contributed by atoms with Crippen LogP contribution in [0, 0.1) is 5.82 Å². The van der Waals surface area contributed by atoms with E-state index in [-0.39, 0.29) is 11.1 Å². The molecule has 0 saturated carbocycles.